The highest BCUT2D eigenvalue weighted by atomic mass is 32.2. The van der Waals surface area contributed by atoms with Crippen molar-refractivity contribution in [2.45, 2.75) is 30.4 Å². The Hall–Kier alpha value is -1.67. The molecule has 2 aromatic rings. The Morgan fingerprint density at radius 2 is 2.11 bits per heavy atom. The molecular weight excluding hydrogens is 252 g/mol. The molecule has 2 atom stereocenters. The number of aromatic nitrogens is 5. The minimum atomic E-state index is -0.457. The number of aliphatic hydroxyl groups is 1. The Bertz CT molecular complexity index is 515. The highest BCUT2D eigenvalue weighted by Gasteiger charge is 2.14. The van der Waals surface area contributed by atoms with Crippen LogP contribution in [0.2, 0.25) is 0 Å². The average Bonchev–Trinajstić information content (AvgIpc) is 2.81. The van der Waals surface area contributed by atoms with Gasteiger partial charge >= 0.3 is 0 Å². The molecule has 0 spiro atoms. The molecule has 0 aliphatic rings. The molecule has 18 heavy (non-hydrogen) atoms. The summed E-state index contributed by atoms with van der Waals surface area (Å²) in [5.74, 6) is 0.503. The fraction of sp³-hybridized carbons (Fsp3) is 0.400. The molecule has 0 saturated carbocycles. The Labute approximate surface area is 108 Å². The van der Waals surface area contributed by atoms with Gasteiger partial charge in [0.25, 0.3) is 5.95 Å². The van der Waals surface area contributed by atoms with Crippen LogP contribution < -0.4 is 5.73 Å². The predicted octanol–water partition coefficient (Wildman–Crippen LogP) is 0.501. The molecule has 0 aliphatic heterocycles. The second-order valence-corrected chi connectivity index (χ2v) is 5.13. The molecule has 8 heteroatoms. The topological polar surface area (TPSA) is 103 Å². The van der Waals surface area contributed by atoms with Gasteiger partial charge in [-0.15, -0.1) is 0 Å². The molecule has 2 unspecified atom stereocenters. The SMILES string of the molecule is CC(O)C(C)Sc1nc(N)nc(-n2cccn2)n1. The number of aliphatic hydroxyl groups excluding tert-OH is 1. The molecule has 96 valence electrons. The average molecular weight is 266 g/mol. The number of rotatable bonds is 4. The van der Waals surface area contributed by atoms with E-state index in [1.165, 1.54) is 16.4 Å². The third-order valence-electron chi connectivity index (χ3n) is 2.30. The van der Waals surface area contributed by atoms with Gasteiger partial charge in [0.2, 0.25) is 5.95 Å². The highest BCUT2D eigenvalue weighted by molar-refractivity contribution is 7.99. The van der Waals surface area contributed by atoms with E-state index in [1.807, 2.05) is 6.92 Å². The van der Waals surface area contributed by atoms with Crippen LogP contribution in [-0.4, -0.2) is 41.2 Å². The van der Waals surface area contributed by atoms with Gasteiger partial charge in [0.05, 0.1) is 6.10 Å². The minimum Gasteiger partial charge on any atom is -0.392 e. The van der Waals surface area contributed by atoms with Crippen LogP contribution in [0.1, 0.15) is 13.8 Å². The molecule has 2 heterocycles. The summed E-state index contributed by atoms with van der Waals surface area (Å²) in [5, 5.41) is 13.9. The summed E-state index contributed by atoms with van der Waals surface area (Å²) in [6.45, 7) is 3.61. The number of nitrogens with zero attached hydrogens (tertiary/aromatic N) is 5. The van der Waals surface area contributed by atoms with Crippen LogP contribution in [0.5, 0.6) is 0 Å². The van der Waals surface area contributed by atoms with Gasteiger partial charge < -0.3 is 10.8 Å². The first-order valence-corrected chi connectivity index (χ1v) is 6.30. The highest BCUT2D eigenvalue weighted by Crippen LogP contribution is 2.22. The van der Waals surface area contributed by atoms with Gasteiger partial charge in [-0.1, -0.05) is 18.7 Å². The smallest absolute Gasteiger partial charge is 0.256 e. The van der Waals surface area contributed by atoms with Gasteiger partial charge in [-0.3, -0.25) is 0 Å². The third kappa shape index (κ3) is 2.96. The lowest BCUT2D eigenvalue weighted by Gasteiger charge is -2.13. The van der Waals surface area contributed by atoms with Crippen molar-refractivity contribution in [2.75, 3.05) is 5.73 Å². The van der Waals surface area contributed by atoms with Crippen molar-refractivity contribution >= 4 is 17.7 Å². The summed E-state index contributed by atoms with van der Waals surface area (Å²) >= 11 is 1.34. The zero-order valence-electron chi connectivity index (χ0n) is 10.1. The first kappa shape index (κ1) is 12.8. The van der Waals surface area contributed by atoms with E-state index in [9.17, 15) is 5.11 Å². The number of anilines is 1. The van der Waals surface area contributed by atoms with E-state index < -0.39 is 6.10 Å². The maximum Gasteiger partial charge on any atom is 0.256 e. The molecule has 7 nitrogen and oxygen atoms in total. The molecule has 0 amide bonds. The zero-order chi connectivity index (χ0) is 13.1. The quantitative estimate of drug-likeness (QED) is 0.777. The van der Waals surface area contributed by atoms with Crippen molar-refractivity contribution in [1.82, 2.24) is 24.7 Å². The normalized spacial score (nSPS) is 14.4. The fourth-order valence-electron chi connectivity index (χ4n) is 1.17. The second kappa shape index (κ2) is 5.32. The monoisotopic (exact) mass is 266 g/mol. The van der Waals surface area contributed by atoms with Gasteiger partial charge in [0, 0.05) is 17.6 Å². The van der Waals surface area contributed by atoms with Crippen LogP contribution in [0.3, 0.4) is 0 Å². The predicted molar refractivity (Wildman–Crippen MR) is 68.4 cm³/mol. The number of hydrogen-bond donors (Lipinski definition) is 2. The van der Waals surface area contributed by atoms with Crippen LogP contribution in [-0.2, 0) is 0 Å². The second-order valence-electron chi connectivity index (χ2n) is 3.79. The zero-order valence-corrected chi connectivity index (χ0v) is 10.9. The van der Waals surface area contributed by atoms with Crippen molar-refractivity contribution < 1.29 is 5.11 Å². The molecule has 0 aromatic carbocycles. The summed E-state index contributed by atoms with van der Waals surface area (Å²) < 4.78 is 1.51. The third-order valence-corrected chi connectivity index (χ3v) is 3.46. The van der Waals surface area contributed by atoms with Crippen LogP contribution in [0, 0.1) is 0 Å². The lowest BCUT2D eigenvalue weighted by Crippen LogP contribution is -2.16. The Morgan fingerprint density at radius 3 is 2.72 bits per heavy atom. The van der Waals surface area contributed by atoms with E-state index in [2.05, 4.69) is 20.1 Å². The molecule has 0 saturated heterocycles. The van der Waals surface area contributed by atoms with Crippen LogP contribution in [0.15, 0.2) is 23.6 Å². The Kier molecular flexibility index (Phi) is 3.78. The van der Waals surface area contributed by atoms with Crippen LogP contribution in [0.4, 0.5) is 5.95 Å². The van der Waals surface area contributed by atoms with Crippen LogP contribution >= 0.6 is 11.8 Å². The van der Waals surface area contributed by atoms with Crippen molar-refractivity contribution in [1.29, 1.82) is 0 Å². The summed E-state index contributed by atoms with van der Waals surface area (Å²) in [5.41, 5.74) is 5.64. The van der Waals surface area contributed by atoms with E-state index in [-0.39, 0.29) is 11.2 Å². The maximum atomic E-state index is 9.46. The molecule has 0 fully saturated rings. The number of nitrogen functional groups attached to an aromatic ring is 1. The molecular formula is C10H14N6OS. The van der Waals surface area contributed by atoms with Gasteiger partial charge in [-0.2, -0.15) is 20.1 Å². The summed E-state index contributed by atoms with van der Waals surface area (Å²) in [6, 6.07) is 1.77. The standard InChI is InChI=1S/C10H14N6OS/c1-6(17)7(2)18-10-14-8(11)13-9(15-10)16-5-3-4-12-16/h3-7,17H,1-2H3,(H2,11,13,14,15). The molecule has 3 N–H and O–H groups in total. The molecule has 2 rings (SSSR count). The fourth-order valence-corrected chi connectivity index (χ4v) is 1.98. The maximum absolute atomic E-state index is 9.46. The molecule has 0 radical (unpaired) electrons. The Morgan fingerprint density at radius 1 is 1.33 bits per heavy atom. The lowest BCUT2D eigenvalue weighted by molar-refractivity contribution is 0.196. The van der Waals surface area contributed by atoms with E-state index in [0.29, 0.717) is 11.1 Å². The van der Waals surface area contributed by atoms with Crippen LogP contribution in [0.25, 0.3) is 5.95 Å². The van der Waals surface area contributed by atoms with Crippen molar-refractivity contribution in [2.24, 2.45) is 0 Å². The summed E-state index contributed by atoms with van der Waals surface area (Å²) in [7, 11) is 0. The largest absolute Gasteiger partial charge is 0.392 e. The minimum absolute atomic E-state index is 0.0303. The van der Waals surface area contributed by atoms with Crippen molar-refractivity contribution in [3.8, 4) is 5.95 Å². The van der Waals surface area contributed by atoms with E-state index >= 15 is 0 Å². The number of nitrogens with two attached hydrogens (primary N) is 1. The lowest BCUT2D eigenvalue weighted by atomic mass is 10.3. The summed E-state index contributed by atoms with van der Waals surface area (Å²) in [4.78, 5) is 12.3. The first-order chi connectivity index (χ1) is 8.56. The van der Waals surface area contributed by atoms with Crippen molar-refractivity contribution in [3.05, 3.63) is 18.5 Å². The molecule has 0 aliphatic carbocycles. The van der Waals surface area contributed by atoms with E-state index in [0.717, 1.165) is 0 Å². The molecule has 2 aromatic heterocycles. The van der Waals surface area contributed by atoms with Crippen molar-refractivity contribution in [3.63, 3.8) is 0 Å². The first-order valence-electron chi connectivity index (χ1n) is 5.42. The summed E-state index contributed by atoms with van der Waals surface area (Å²) in [6.07, 6.45) is 2.90. The van der Waals surface area contributed by atoms with Gasteiger partial charge in [0.15, 0.2) is 5.16 Å². The van der Waals surface area contributed by atoms with Gasteiger partial charge in [-0.25, -0.2) is 4.68 Å². The Balaban J connectivity index is 2.27. The van der Waals surface area contributed by atoms with Gasteiger partial charge in [-0.05, 0) is 13.0 Å². The molecule has 0 bridgehead atoms. The van der Waals surface area contributed by atoms with Gasteiger partial charge in [0.1, 0.15) is 0 Å². The number of thioether (sulfide) groups is 1. The number of hydrogen-bond acceptors (Lipinski definition) is 7. The van der Waals surface area contributed by atoms with E-state index in [4.69, 9.17) is 5.73 Å². The van der Waals surface area contributed by atoms with E-state index in [1.54, 1.807) is 25.4 Å².